The Morgan fingerprint density at radius 2 is 2.26 bits per heavy atom. The second-order valence-corrected chi connectivity index (χ2v) is 5.82. The highest BCUT2D eigenvalue weighted by molar-refractivity contribution is 9.09. The van der Waals surface area contributed by atoms with Gasteiger partial charge < -0.3 is 4.74 Å². The third-order valence-electron chi connectivity index (χ3n) is 3.83. The van der Waals surface area contributed by atoms with Crippen LogP contribution in [0, 0.1) is 5.82 Å². The van der Waals surface area contributed by atoms with Gasteiger partial charge in [-0.1, -0.05) is 34.5 Å². The fraction of sp³-hybridized carbons (Fsp3) is 0.600. The lowest BCUT2D eigenvalue weighted by atomic mass is 9.99. The lowest BCUT2D eigenvalue weighted by Gasteiger charge is -2.35. The van der Waals surface area contributed by atoms with Gasteiger partial charge in [-0.2, -0.15) is 0 Å². The number of ether oxygens (including phenoxy) is 1. The molecule has 0 aliphatic carbocycles. The Morgan fingerprint density at radius 1 is 1.42 bits per heavy atom. The van der Waals surface area contributed by atoms with Crippen molar-refractivity contribution in [1.82, 2.24) is 4.90 Å². The van der Waals surface area contributed by atoms with E-state index in [2.05, 4.69) is 20.8 Å². The van der Waals surface area contributed by atoms with Crippen LogP contribution in [0.2, 0.25) is 0 Å². The van der Waals surface area contributed by atoms with E-state index in [9.17, 15) is 4.39 Å². The topological polar surface area (TPSA) is 12.5 Å². The highest BCUT2D eigenvalue weighted by Gasteiger charge is 2.23. The fourth-order valence-corrected chi connectivity index (χ4v) is 3.30. The highest BCUT2D eigenvalue weighted by Crippen LogP contribution is 2.26. The molecule has 1 aliphatic heterocycles. The Kier molecular flexibility index (Phi) is 5.64. The van der Waals surface area contributed by atoms with Crippen molar-refractivity contribution in [3.63, 3.8) is 0 Å². The molecule has 1 aliphatic rings. The molecule has 0 bridgehead atoms. The minimum atomic E-state index is -0.215. The van der Waals surface area contributed by atoms with E-state index in [1.165, 1.54) is 26.4 Å². The second kappa shape index (κ2) is 7.25. The molecule has 19 heavy (non-hydrogen) atoms. The first-order valence-corrected chi connectivity index (χ1v) is 7.99. The molecule has 1 fully saturated rings. The van der Waals surface area contributed by atoms with Crippen LogP contribution in [0.25, 0.3) is 0 Å². The summed E-state index contributed by atoms with van der Waals surface area (Å²) in [7, 11) is 1.51. The Balaban J connectivity index is 2.10. The third kappa shape index (κ3) is 3.69. The molecule has 1 aromatic carbocycles. The van der Waals surface area contributed by atoms with Gasteiger partial charge in [0, 0.05) is 23.5 Å². The molecule has 0 saturated carbocycles. The molecule has 1 aromatic rings. The van der Waals surface area contributed by atoms with E-state index in [4.69, 9.17) is 4.74 Å². The molecule has 0 spiro atoms. The predicted molar refractivity (Wildman–Crippen MR) is 79.4 cm³/mol. The maximum absolute atomic E-state index is 14.2. The van der Waals surface area contributed by atoms with Crippen LogP contribution in [0.1, 0.15) is 31.2 Å². The van der Waals surface area contributed by atoms with Crippen LogP contribution >= 0.6 is 15.9 Å². The number of rotatable bonds is 5. The van der Waals surface area contributed by atoms with E-state index < -0.39 is 0 Å². The Hall–Kier alpha value is -0.610. The van der Waals surface area contributed by atoms with Gasteiger partial charge in [-0.3, -0.25) is 4.90 Å². The molecule has 0 radical (unpaired) electrons. The molecule has 2 rings (SSSR count). The van der Waals surface area contributed by atoms with Gasteiger partial charge in [0.25, 0.3) is 0 Å². The van der Waals surface area contributed by atoms with Gasteiger partial charge >= 0.3 is 0 Å². The first-order valence-electron chi connectivity index (χ1n) is 6.87. The molecule has 4 heteroatoms. The standard InChI is InChI=1S/C15H21BrFNO/c1-19-14-7-4-5-12(15(14)17)11-18-10-3-2-6-13(18)8-9-16/h4-5,7,13H,2-3,6,8-11H2,1H3. The normalized spacial score (nSPS) is 20.5. The molecular weight excluding hydrogens is 309 g/mol. The van der Waals surface area contributed by atoms with E-state index >= 15 is 0 Å². The van der Waals surface area contributed by atoms with E-state index in [0.29, 0.717) is 18.3 Å². The minimum absolute atomic E-state index is 0.215. The predicted octanol–water partition coefficient (Wildman–Crippen LogP) is 3.97. The lowest BCUT2D eigenvalue weighted by Crippen LogP contribution is -2.39. The average Bonchev–Trinajstić information content (AvgIpc) is 2.43. The van der Waals surface area contributed by atoms with Gasteiger partial charge in [-0.15, -0.1) is 0 Å². The minimum Gasteiger partial charge on any atom is -0.494 e. The van der Waals surface area contributed by atoms with Crippen LogP contribution in [-0.4, -0.2) is 29.9 Å². The monoisotopic (exact) mass is 329 g/mol. The molecule has 1 heterocycles. The van der Waals surface area contributed by atoms with Crippen LogP contribution in [-0.2, 0) is 6.54 Å². The van der Waals surface area contributed by atoms with E-state index in [1.54, 1.807) is 6.07 Å². The maximum Gasteiger partial charge on any atom is 0.169 e. The van der Waals surface area contributed by atoms with Crippen molar-refractivity contribution in [2.75, 3.05) is 19.0 Å². The van der Waals surface area contributed by atoms with Gasteiger partial charge in [0.15, 0.2) is 11.6 Å². The number of likely N-dealkylation sites (tertiary alicyclic amines) is 1. The Morgan fingerprint density at radius 3 is 3.00 bits per heavy atom. The Bertz CT molecular complexity index is 411. The van der Waals surface area contributed by atoms with Gasteiger partial charge in [0.2, 0.25) is 0 Å². The smallest absolute Gasteiger partial charge is 0.169 e. The number of hydrogen-bond donors (Lipinski definition) is 0. The van der Waals surface area contributed by atoms with Crippen molar-refractivity contribution in [3.8, 4) is 5.75 Å². The molecule has 1 saturated heterocycles. The number of methoxy groups -OCH3 is 1. The number of piperidine rings is 1. The summed E-state index contributed by atoms with van der Waals surface area (Å²) in [5, 5.41) is 1.01. The number of alkyl halides is 1. The summed E-state index contributed by atoms with van der Waals surface area (Å²) in [5.74, 6) is 0.125. The van der Waals surface area contributed by atoms with E-state index in [0.717, 1.165) is 23.9 Å². The zero-order chi connectivity index (χ0) is 13.7. The molecule has 0 aromatic heterocycles. The first-order chi connectivity index (χ1) is 9.26. The molecule has 2 nitrogen and oxygen atoms in total. The number of hydrogen-bond acceptors (Lipinski definition) is 2. The number of nitrogens with zero attached hydrogens (tertiary/aromatic N) is 1. The summed E-state index contributed by atoms with van der Waals surface area (Å²) in [6.45, 7) is 1.75. The summed E-state index contributed by atoms with van der Waals surface area (Å²) in [6, 6.07) is 5.96. The third-order valence-corrected chi connectivity index (χ3v) is 4.29. The largest absolute Gasteiger partial charge is 0.494 e. The second-order valence-electron chi connectivity index (χ2n) is 5.03. The zero-order valence-electron chi connectivity index (χ0n) is 11.4. The van der Waals surface area contributed by atoms with Crippen LogP contribution < -0.4 is 4.74 Å². The molecular formula is C15H21BrFNO. The van der Waals surface area contributed by atoms with Crippen LogP contribution in [0.15, 0.2) is 18.2 Å². The number of benzene rings is 1. The van der Waals surface area contributed by atoms with Gasteiger partial charge in [0.1, 0.15) is 0 Å². The first kappa shape index (κ1) is 14.8. The quantitative estimate of drug-likeness (QED) is 0.758. The summed E-state index contributed by atoms with van der Waals surface area (Å²) in [4.78, 5) is 2.41. The zero-order valence-corrected chi connectivity index (χ0v) is 13.0. The van der Waals surface area contributed by atoms with Gasteiger partial charge in [-0.05, 0) is 31.9 Å². The van der Waals surface area contributed by atoms with Gasteiger partial charge in [-0.25, -0.2) is 4.39 Å². The van der Waals surface area contributed by atoms with Crippen LogP contribution in [0.5, 0.6) is 5.75 Å². The maximum atomic E-state index is 14.2. The van der Waals surface area contributed by atoms with Crippen molar-refractivity contribution in [1.29, 1.82) is 0 Å². The molecule has 106 valence electrons. The highest BCUT2D eigenvalue weighted by atomic mass is 79.9. The van der Waals surface area contributed by atoms with Crippen molar-refractivity contribution in [3.05, 3.63) is 29.6 Å². The summed E-state index contributed by atoms with van der Waals surface area (Å²) in [5.41, 5.74) is 0.737. The molecule has 0 amide bonds. The summed E-state index contributed by atoms with van der Waals surface area (Å²) >= 11 is 3.51. The van der Waals surface area contributed by atoms with Crippen molar-refractivity contribution in [2.45, 2.75) is 38.3 Å². The lowest BCUT2D eigenvalue weighted by molar-refractivity contribution is 0.135. The van der Waals surface area contributed by atoms with Crippen molar-refractivity contribution < 1.29 is 9.13 Å². The van der Waals surface area contributed by atoms with Crippen LogP contribution in [0.3, 0.4) is 0 Å². The van der Waals surface area contributed by atoms with E-state index in [1.807, 2.05) is 12.1 Å². The molecule has 1 unspecified atom stereocenters. The van der Waals surface area contributed by atoms with Crippen molar-refractivity contribution in [2.24, 2.45) is 0 Å². The van der Waals surface area contributed by atoms with Crippen molar-refractivity contribution >= 4 is 15.9 Å². The molecule has 1 atom stereocenters. The Labute approximate surface area is 123 Å². The number of halogens is 2. The summed E-state index contributed by atoms with van der Waals surface area (Å²) in [6.07, 6.45) is 4.85. The fourth-order valence-electron chi connectivity index (χ4n) is 2.78. The SMILES string of the molecule is COc1cccc(CN2CCCCC2CCBr)c1F. The average molecular weight is 330 g/mol. The van der Waals surface area contributed by atoms with E-state index in [-0.39, 0.29) is 5.82 Å². The molecule has 0 N–H and O–H groups in total. The summed E-state index contributed by atoms with van der Waals surface area (Å²) < 4.78 is 19.2. The van der Waals surface area contributed by atoms with Crippen LogP contribution in [0.4, 0.5) is 4.39 Å². The van der Waals surface area contributed by atoms with Gasteiger partial charge in [0.05, 0.1) is 7.11 Å².